The zero-order valence-corrected chi connectivity index (χ0v) is 11.9. The number of carbonyl (C=O) groups is 1. The zero-order chi connectivity index (χ0) is 13.4. The summed E-state index contributed by atoms with van der Waals surface area (Å²) >= 11 is 12.1. The summed E-state index contributed by atoms with van der Waals surface area (Å²) in [4.78, 5) is 12.0. The van der Waals surface area contributed by atoms with Crippen LogP contribution >= 0.6 is 23.2 Å². The molecule has 0 saturated heterocycles. The normalized spacial score (nSPS) is 26.0. The van der Waals surface area contributed by atoms with Crippen molar-refractivity contribution in [2.45, 2.75) is 25.2 Å². The van der Waals surface area contributed by atoms with E-state index in [4.69, 9.17) is 23.2 Å². The van der Waals surface area contributed by atoms with Crippen LogP contribution in [0.5, 0.6) is 0 Å². The molecule has 0 aliphatic heterocycles. The van der Waals surface area contributed by atoms with Crippen LogP contribution in [-0.4, -0.2) is 5.78 Å². The molecular weight excluding hydrogens is 279 g/mol. The number of rotatable bonds is 1. The van der Waals surface area contributed by atoms with E-state index in [1.54, 1.807) is 0 Å². The fraction of sp³-hybridized carbons (Fsp3) is 0.312. The molecule has 0 spiro atoms. The van der Waals surface area contributed by atoms with E-state index in [2.05, 4.69) is 6.08 Å². The maximum Gasteiger partial charge on any atom is 0.159 e. The minimum atomic E-state index is 0.295. The number of ketones is 1. The number of hydrogen-bond acceptors (Lipinski definition) is 1. The van der Waals surface area contributed by atoms with Crippen molar-refractivity contribution in [3.8, 4) is 0 Å². The van der Waals surface area contributed by atoms with Gasteiger partial charge in [-0.25, -0.2) is 0 Å². The second kappa shape index (κ2) is 5.15. The fourth-order valence-electron chi connectivity index (χ4n) is 3.10. The molecule has 0 amide bonds. The summed E-state index contributed by atoms with van der Waals surface area (Å²) in [6, 6.07) is 5.82. The number of fused-ring (bicyclic) bond motifs is 1. The number of halogens is 2. The van der Waals surface area contributed by atoms with E-state index in [0.29, 0.717) is 34.1 Å². The maximum absolute atomic E-state index is 12.0. The van der Waals surface area contributed by atoms with Gasteiger partial charge in [0.15, 0.2) is 5.78 Å². The number of allylic oxidation sites excluding steroid dienone is 4. The Morgan fingerprint density at radius 1 is 1.11 bits per heavy atom. The highest BCUT2D eigenvalue weighted by Gasteiger charge is 2.34. The predicted octanol–water partition coefficient (Wildman–Crippen LogP) is 4.94. The highest BCUT2D eigenvalue weighted by Crippen LogP contribution is 2.43. The van der Waals surface area contributed by atoms with E-state index < -0.39 is 0 Å². The van der Waals surface area contributed by atoms with Gasteiger partial charge in [0.25, 0.3) is 0 Å². The number of carbonyl (C=O) groups excluding carboxylic acids is 1. The molecule has 0 bridgehead atoms. The average Bonchev–Trinajstić information content (AvgIpc) is 2.43. The first kappa shape index (κ1) is 13.0. The van der Waals surface area contributed by atoms with Crippen LogP contribution in [0.1, 0.15) is 30.7 Å². The quantitative estimate of drug-likeness (QED) is 0.716. The number of Topliss-reactive ketones (excluding diaryl/α,β-unsaturated/α-hetero) is 1. The molecule has 19 heavy (non-hydrogen) atoms. The van der Waals surface area contributed by atoms with Crippen LogP contribution in [0.4, 0.5) is 0 Å². The minimum Gasteiger partial charge on any atom is -0.295 e. The highest BCUT2D eigenvalue weighted by atomic mass is 35.5. The van der Waals surface area contributed by atoms with Crippen LogP contribution in [0, 0.1) is 5.92 Å². The highest BCUT2D eigenvalue weighted by molar-refractivity contribution is 6.42. The number of hydrogen-bond donors (Lipinski definition) is 0. The molecule has 3 rings (SSSR count). The van der Waals surface area contributed by atoms with Crippen LogP contribution in [0.25, 0.3) is 0 Å². The van der Waals surface area contributed by atoms with Gasteiger partial charge in [-0.3, -0.25) is 4.79 Å². The molecule has 1 fully saturated rings. The second-order valence-corrected chi connectivity index (χ2v) is 5.95. The third-order valence-electron chi connectivity index (χ3n) is 4.06. The fourth-order valence-corrected chi connectivity index (χ4v) is 3.41. The van der Waals surface area contributed by atoms with E-state index in [1.165, 1.54) is 5.56 Å². The first-order chi connectivity index (χ1) is 9.16. The maximum atomic E-state index is 12.0. The summed E-state index contributed by atoms with van der Waals surface area (Å²) in [5, 5.41) is 1.17. The molecule has 2 atom stereocenters. The molecule has 1 saturated carbocycles. The van der Waals surface area contributed by atoms with Crippen LogP contribution < -0.4 is 0 Å². The van der Waals surface area contributed by atoms with E-state index in [1.807, 2.05) is 30.4 Å². The smallest absolute Gasteiger partial charge is 0.159 e. The van der Waals surface area contributed by atoms with Crippen LogP contribution in [0.15, 0.2) is 42.0 Å². The molecule has 0 N–H and O–H groups in total. The molecule has 1 aromatic carbocycles. The SMILES string of the molecule is O=C1CCC(c2ccc(Cl)c(Cl)c2)C2CC=CC=C12. The first-order valence-corrected chi connectivity index (χ1v) is 7.27. The lowest BCUT2D eigenvalue weighted by molar-refractivity contribution is -0.117. The topological polar surface area (TPSA) is 17.1 Å². The Hall–Kier alpha value is -1.05. The van der Waals surface area contributed by atoms with Crippen molar-refractivity contribution >= 4 is 29.0 Å². The van der Waals surface area contributed by atoms with Crippen molar-refractivity contribution in [2.75, 3.05) is 0 Å². The Kier molecular flexibility index (Phi) is 3.51. The molecule has 3 heteroatoms. The van der Waals surface area contributed by atoms with Gasteiger partial charge in [-0.15, -0.1) is 0 Å². The van der Waals surface area contributed by atoms with Crippen LogP contribution in [-0.2, 0) is 4.79 Å². The Morgan fingerprint density at radius 3 is 2.74 bits per heavy atom. The summed E-state index contributed by atoms with van der Waals surface area (Å²) in [5.74, 6) is 0.956. The molecule has 2 aliphatic rings. The van der Waals surface area contributed by atoms with Gasteiger partial charge in [-0.05, 0) is 47.9 Å². The lowest BCUT2D eigenvalue weighted by Crippen LogP contribution is -2.27. The van der Waals surface area contributed by atoms with Crippen molar-refractivity contribution < 1.29 is 4.79 Å². The standard InChI is InChI=1S/C16H14Cl2O/c17-14-7-5-10(9-15(14)18)11-6-8-16(19)13-4-2-1-3-12(11)13/h1-2,4-5,7,9,11-12H,3,6,8H2. The molecule has 2 unspecified atom stereocenters. The van der Waals surface area contributed by atoms with Gasteiger partial charge in [0.1, 0.15) is 0 Å². The minimum absolute atomic E-state index is 0.295. The zero-order valence-electron chi connectivity index (χ0n) is 10.4. The summed E-state index contributed by atoms with van der Waals surface area (Å²) < 4.78 is 0. The van der Waals surface area contributed by atoms with E-state index >= 15 is 0 Å². The van der Waals surface area contributed by atoms with Gasteiger partial charge in [-0.1, -0.05) is 47.5 Å². The van der Waals surface area contributed by atoms with Crippen molar-refractivity contribution in [3.05, 3.63) is 57.6 Å². The van der Waals surface area contributed by atoms with Gasteiger partial charge < -0.3 is 0 Å². The molecule has 98 valence electrons. The van der Waals surface area contributed by atoms with Gasteiger partial charge in [0.2, 0.25) is 0 Å². The monoisotopic (exact) mass is 292 g/mol. The molecule has 2 aliphatic carbocycles. The second-order valence-electron chi connectivity index (χ2n) is 5.13. The lowest BCUT2D eigenvalue weighted by atomic mass is 9.69. The Morgan fingerprint density at radius 2 is 1.95 bits per heavy atom. The molecular formula is C16H14Cl2O. The largest absolute Gasteiger partial charge is 0.295 e. The summed E-state index contributed by atoms with van der Waals surface area (Å²) in [5.41, 5.74) is 2.16. The molecule has 1 nitrogen and oxygen atoms in total. The Bertz CT molecular complexity index is 586. The van der Waals surface area contributed by atoms with Crippen LogP contribution in [0.3, 0.4) is 0 Å². The van der Waals surface area contributed by atoms with E-state index in [0.717, 1.165) is 18.4 Å². The Balaban J connectivity index is 1.96. The lowest BCUT2D eigenvalue weighted by Gasteiger charge is -2.34. The molecule has 0 aromatic heterocycles. The predicted molar refractivity (Wildman–Crippen MR) is 78.8 cm³/mol. The average molecular weight is 293 g/mol. The molecule has 0 heterocycles. The summed E-state index contributed by atoms with van der Waals surface area (Å²) in [6.45, 7) is 0. The van der Waals surface area contributed by atoms with Crippen molar-refractivity contribution in [2.24, 2.45) is 5.92 Å². The van der Waals surface area contributed by atoms with Gasteiger partial charge in [0, 0.05) is 6.42 Å². The van der Waals surface area contributed by atoms with Gasteiger partial charge in [0.05, 0.1) is 10.0 Å². The molecule has 0 radical (unpaired) electrons. The van der Waals surface area contributed by atoms with Gasteiger partial charge in [-0.2, -0.15) is 0 Å². The van der Waals surface area contributed by atoms with Crippen LogP contribution in [0.2, 0.25) is 10.0 Å². The number of benzene rings is 1. The van der Waals surface area contributed by atoms with Crippen molar-refractivity contribution in [3.63, 3.8) is 0 Å². The van der Waals surface area contributed by atoms with Gasteiger partial charge >= 0.3 is 0 Å². The first-order valence-electron chi connectivity index (χ1n) is 6.51. The summed E-state index contributed by atoms with van der Waals surface area (Å²) in [6.07, 6.45) is 8.55. The van der Waals surface area contributed by atoms with E-state index in [9.17, 15) is 4.79 Å². The Labute approximate surface area is 122 Å². The third kappa shape index (κ3) is 2.37. The van der Waals surface area contributed by atoms with Crippen molar-refractivity contribution in [1.29, 1.82) is 0 Å². The third-order valence-corrected chi connectivity index (χ3v) is 4.80. The molecule has 1 aromatic rings. The van der Waals surface area contributed by atoms with E-state index in [-0.39, 0.29) is 0 Å². The van der Waals surface area contributed by atoms with Crippen molar-refractivity contribution in [1.82, 2.24) is 0 Å². The summed E-state index contributed by atoms with van der Waals surface area (Å²) in [7, 11) is 0.